The molecule has 1 atom stereocenters. The Kier molecular flexibility index (Phi) is 9.07. The third kappa shape index (κ3) is 10.2. The van der Waals surface area contributed by atoms with Crippen LogP contribution in [0.1, 0.15) is 71.6 Å². The molecule has 0 aliphatic rings. The maximum Gasteiger partial charge on any atom is 0.120 e. The zero-order valence-corrected chi connectivity index (χ0v) is 10.5. The molecule has 0 aliphatic heterocycles. The summed E-state index contributed by atoms with van der Waals surface area (Å²) in [6.07, 6.45) is 10.7. The Morgan fingerprint density at radius 2 is 1.40 bits per heavy atom. The van der Waals surface area contributed by atoms with Crippen LogP contribution in [-0.4, -0.2) is 12.2 Å². The molecule has 0 rings (SSSR count). The van der Waals surface area contributed by atoms with Gasteiger partial charge >= 0.3 is 0 Å². The summed E-state index contributed by atoms with van der Waals surface area (Å²) in [5.74, 6) is 0. The normalized spacial score (nSPS) is 15.2. The summed E-state index contributed by atoms with van der Waals surface area (Å²) in [6.45, 7) is 3.99. The summed E-state index contributed by atoms with van der Waals surface area (Å²) in [4.78, 5) is 0. The van der Waals surface area contributed by atoms with Crippen LogP contribution in [0.15, 0.2) is 0 Å². The Labute approximate surface area is 94.6 Å². The van der Waals surface area contributed by atoms with E-state index in [1.54, 1.807) is 6.92 Å². The fourth-order valence-electron chi connectivity index (χ4n) is 1.73. The average Bonchev–Trinajstić information content (AvgIpc) is 2.22. The van der Waals surface area contributed by atoms with E-state index < -0.39 is 5.67 Å². The van der Waals surface area contributed by atoms with Crippen molar-refractivity contribution in [1.29, 1.82) is 0 Å². The van der Waals surface area contributed by atoms with Gasteiger partial charge in [0, 0.05) is 6.54 Å². The molecule has 0 amide bonds. The van der Waals surface area contributed by atoms with Crippen molar-refractivity contribution in [2.75, 3.05) is 6.54 Å². The molecule has 0 aromatic carbocycles. The first-order valence-electron chi connectivity index (χ1n) is 6.51. The minimum absolute atomic E-state index is 0.156. The van der Waals surface area contributed by atoms with Gasteiger partial charge in [-0.3, -0.25) is 0 Å². The van der Waals surface area contributed by atoms with Gasteiger partial charge in [0.15, 0.2) is 0 Å². The number of rotatable bonds is 10. The highest BCUT2D eigenvalue weighted by atomic mass is 19.1. The van der Waals surface area contributed by atoms with Crippen LogP contribution in [0.2, 0.25) is 0 Å². The fraction of sp³-hybridized carbons (Fsp3) is 1.00. The van der Waals surface area contributed by atoms with Crippen LogP contribution >= 0.6 is 0 Å². The molecule has 0 spiro atoms. The quantitative estimate of drug-likeness (QED) is 0.545. The Balaban J connectivity index is 3.11. The van der Waals surface area contributed by atoms with Crippen molar-refractivity contribution in [3.63, 3.8) is 0 Å². The second kappa shape index (κ2) is 9.14. The van der Waals surface area contributed by atoms with Crippen LogP contribution in [0.3, 0.4) is 0 Å². The summed E-state index contributed by atoms with van der Waals surface area (Å²) >= 11 is 0. The second-order valence-electron chi connectivity index (χ2n) is 4.84. The van der Waals surface area contributed by atoms with E-state index in [0.29, 0.717) is 6.42 Å². The number of alkyl halides is 1. The Bertz CT molecular complexity index is 134. The molecular weight excluding hydrogens is 189 g/mol. The first-order chi connectivity index (χ1) is 7.12. The molecule has 1 nitrogen and oxygen atoms in total. The number of unbranched alkanes of at least 4 members (excludes halogenated alkanes) is 7. The van der Waals surface area contributed by atoms with E-state index >= 15 is 0 Å². The highest BCUT2D eigenvalue weighted by Crippen LogP contribution is 2.18. The van der Waals surface area contributed by atoms with E-state index in [2.05, 4.69) is 6.92 Å². The molecule has 0 saturated carbocycles. The van der Waals surface area contributed by atoms with Crippen molar-refractivity contribution in [2.24, 2.45) is 5.73 Å². The van der Waals surface area contributed by atoms with Crippen LogP contribution < -0.4 is 5.73 Å². The minimum Gasteiger partial charge on any atom is -0.328 e. The first-order valence-corrected chi connectivity index (χ1v) is 6.51. The molecule has 0 heterocycles. The predicted octanol–water partition coefficient (Wildman–Crippen LogP) is 4.20. The number of hydrogen-bond acceptors (Lipinski definition) is 1. The van der Waals surface area contributed by atoms with Gasteiger partial charge in [-0.15, -0.1) is 0 Å². The van der Waals surface area contributed by atoms with E-state index in [1.807, 2.05) is 0 Å². The molecule has 2 N–H and O–H groups in total. The SMILES string of the molecule is CCCCCCCCCCC(C)(F)CN. The molecule has 0 bridgehead atoms. The van der Waals surface area contributed by atoms with Crippen LogP contribution in [-0.2, 0) is 0 Å². The maximum absolute atomic E-state index is 13.4. The summed E-state index contributed by atoms with van der Waals surface area (Å²) in [5.41, 5.74) is 4.19. The minimum atomic E-state index is -1.14. The van der Waals surface area contributed by atoms with Crippen molar-refractivity contribution in [3.05, 3.63) is 0 Å². The monoisotopic (exact) mass is 217 g/mol. The lowest BCUT2D eigenvalue weighted by molar-refractivity contribution is 0.179. The molecule has 0 fully saturated rings. The molecule has 1 unspecified atom stereocenters. The molecule has 0 aromatic heterocycles. The van der Waals surface area contributed by atoms with Crippen LogP contribution in [0.5, 0.6) is 0 Å². The number of halogens is 1. The van der Waals surface area contributed by atoms with Crippen molar-refractivity contribution in [2.45, 2.75) is 77.3 Å². The third-order valence-electron chi connectivity index (χ3n) is 2.98. The van der Waals surface area contributed by atoms with Crippen LogP contribution in [0.4, 0.5) is 4.39 Å². The van der Waals surface area contributed by atoms with Crippen molar-refractivity contribution in [1.82, 2.24) is 0 Å². The summed E-state index contributed by atoms with van der Waals surface area (Å²) in [5, 5.41) is 0. The van der Waals surface area contributed by atoms with Crippen molar-refractivity contribution in [3.8, 4) is 0 Å². The van der Waals surface area contributed by atoms with Crippen molar-refractivity contribution < 1.29 is 4.39 Å². The highest BCUT2D eigenvalue weighted by Gasteiger charge is 2.19. The lowest BCUT2D eigenvalue weighted by atomic mass is 9.99. The van der Waals surface area contributed by atoms with Crippen molar-refractivity contribution >= 4 is 0 Å². The fourth-order valence-corrected chi connectivity index (χ4v) is 1.73. The molecule has 0 aromatic rings. The van der Waals surface area contributed by atoms with Gasteiger partial charge < -0.3 is 5.73 Å². The van der Waals surface area contributed by atoms with Gasteiger partial charge in [0.1, 0.15) is 5.67 Å². The predicted molar refractivity (Wildman–Crippen MR) is 65.8 cm³/mol. The second-order valence-corrected chi connectivity index (χ2v) is 4.84. The molecule has 92 valence electrons. The smallest absolute Gasteiger partial charge is 0.120 e. The van der Waals surface area contributed by atoms with Gasteiger partial charge in [-0.2, -0.15) is 0 Å². The van der Waals surface area contributed by atoms with E-state index in [1.165, 1.54) is 38.5 Å². The van der Waals surface area contributed by atoms with E-state index in [0.717, 1.165) is 12.8 Å². The topological polar surface area (TPSA) is 26.0 Å². The summed E-state index contributed by atoms with van der Waals surface area (Å²) in [6, 6.07) is 0. The molecule has 15 heavy (non-hydrogen) atoms. The van der Waals surface area contributed by atoms with Gasteiger partial charge in [0.05, 0.1) is 0 Å². The van der Waals surface area contributed by atoms with Crippen LogP contribution in [0, 0.1) is 0 Å². The average molecular weight is 217 g/mol. The Morgan fingerprint density at radius 3 is 1.87 bits per heavy atom. The lowest BCUT2D eigenvalue weighted by Gasteiger charge is -2.17. The lowest BCUT2D eigenvalue weighted by Crippen LogP contribution is -2.28. The van der Waals surface area contributed by atoms with Gasteiger partial charge in [-0.05, 0) is 13.3 Å². The first kappa shape index (κ1) is 14.9. The van der Waals surface area contributed by atoms with E-state index in [9.17, 15) is 4.39 Å². The van der Waals surface area contributed by atoms with E-state index in [4.69, 9.17) is 5.73 Å². The Hall–Kier alpha value is -0.110. The van der Waals surface area contributed by atoms with Crippen LogP contribution in [0.25, 0.3) is 0 Å². The zero-order valence-electron chi connectivity index (χ0n) is 10.5. The molecule has 2 heteroatoms. The summed E-state index contributed by atoms with van der Waals surface area (Å²) in [7, 11) is 0. The van der Waals surface area contributed by atoms with Gasteiger partial charge in [0.25, 0.3) is 0 Å². The van der Waals surface area contributed by atoms with E-state index in [-0.39, 0.29) is 6.54 Å². The van der Waals surface area contributed by atoms with Gasteiger partial charge in [-0.1, -0.05) is 58.3 Å². The molecule has 0 aliphatic carbocycles. The molecule has 0 saturated heterocycles. The zero-order chi connectivity index (χ0) is 11.6. The molecular formula is C13H28FN. The van der Waals surface area contributed by atoms with Gasteiger partial charge in [0.2, 0.25) is 0 Å². The maximum atomic E-state index is 13.4. The Morgan fingerprint density at radius 1 is 0.933 bits per heavy atom. The number of hydrogen-bond donors (Lipinski definition) is 1. The highest BCUT2D eigenvalue weighted by molar-refractivity contribution is 4.73. The van der Waals surface area contributed by atoms with Gasteiger partial charge in [-0.25, -0.2) is 4.39 Å². The number of nitrogens with two attached hydrogens (primary N) is 1. The largest absolute Gasteiger partial charge is 0.328 e. The standard InChI is InChI=1S/C13H28FN/c1-3-4-5-6-7-8-9-10-11-13(2,14)12-15/h3-12,15H2,1-2H3. The molecule has 0 radical (unpaired) electrons. The summed E-state index contributed by atoms with van der Waals surface area (Å²) < 4.78 is 13.4. The third-order valence-corrected chi connectivity index (χ3v) is 2.98.